The number of hydrazine groups is 1. The van der Waals surface area contributed by atoms with Crippen LogP contribution in [0.2, 0.25) is 0 Å². The fourth-order valence-electron chi connectivity index (χ4n) is 1.99. The van der Waals surface area contributed by atoms with Crippen LogP contribution in [0.4, 0.5) is 9.59 Å². The predicted octanol–water partition coefficient (Wildman–Crippen LogP) is 3.68. The number of quaternary nitrogens is 1. The van der Waals surface area contributed by atoms with Gasteiger partial charge in [0, 0.05) is 17.2 Å². The number of nitrogens with two attached hydrogens (primary N) is 1. The Morgan fingerprint density at radius 2 is 1.69 bits per heavy atom. The SMILES string of the molecule is CC(c1ccccc1)[N+]([O-])(NN)C(=O)O.O=C(Cl)OCc1ccccc1. The predicted molar refractivity (Wildman–Crippen MR) is 96.3 cm³/mol. The zero-order chi connectivity index (χ0) is 19.6. The maximum Gasteiger partial charge on any atom is 0.535 e. The molecule has 0 heterocycles. The van der Waals surface area contributed by atoms with Crippen LogP contribution in [0.3, 0.4) is 0 Å². The van der Waals surface area contributed by atoms with Gasteiger partial charge in [-0.15, -0.1) is 0 Å². The molecule has 0 aliphatic heterocycles. The van der Waals surface area contributed by atoms with Crippen molar-refractivity contribution in [2.24, 2.45) is 5.84 Å². The molecule has 2 aromatic rings. The van der Waals surface area contributed by atoms with Crippen molar-refractivity contribution in [1.82, 2.24) is 5.53 Å². The lowest BCUT2D eigenvalue weighted by atomic mass is 10.1. The zero-order valence-corrected chi connectivity index (χ0v) is 14.8. The fraction of sp³-hybridized carbons (Fsp3) is 0.176. The van der Waals surface area contributed by atoms with E-state index in [1.54, 1.807) is 35.9 Å². The lowest BCUT2D eigenvalue weighted by Crippen LogP contribution is -2.61. The third-order valence-electron chi connectivity index (χ3n) is 3.50. The third-order valence-corrected chi connectivity index (χ3v) is 3.61. The number of nitrogens with one attached hydrogen (secondary N) is 1. The highest BCUT2D eigenvalue weighted by atomic mass is 35.5. The van der Waals surface area contributed by atoms with E-state index >= 15 is 0 Å². The standard InChI is InChI=1S/C9H13N3O3.C8H7ClO2/c1-7(8-5-3-2-4-6-8)12(15,11-10)9(13)14;9-8(10)11-6-7-4-2-1-3-5-7/h2-7,11H,10H2,1H3,(H,13,14);1-5H,6H2. The van der Waals surface area contributed by atoms with Gasteiger partial charge in [0.25, 0.3) is 0 Å². The second-order valence-corrected chi connectivity index (χ2v) is 5.48. The molecule has 0 radical (unpaired) electrons. The number of carbonyl (C=O) groups excluding carboxylic acids is 1. The van der Waals surface area contributed by atoms with Gasteiger partial charge in [-0.05, 0) is 12.5 Å². The van der Waals surface area contributed by atoms with E-state index < -0.39 is 22.3 Å². The Bertz CT molecular complexity index is 702. The molecule has 2 unspecified atom stereocenters. The molecule has 2 rings (SSSR count). The van der Waals surface area contributed by atoms with Gasteiger partial charge in [-0.1, -0.05) is 66.2 Å². The van der Waals surface area contributed by atoms with Crippen LogP contribution in [0.5, 0.6) is 0 Å². The second kappa shape index (κ2) is 10.5. The largest absolute Gasteiger partial charge is 0.600 e. The molecule has 0 spiro atoms. The number of benzene rings is 2. The summed E-state index contributed by atoms with van der Waals surface area (Å²) in [6.07, 6.45) is -1.58. The first-order chi connectivity index (χ1) is 12.3. The van der Waals surface area contributed by atoms with E-state index in [-0.39, 0.29) is 6.61 Å². The van der Waals surface area contributed by atoms with E-state index in [0.717, 1.165) is 5.56 Å². The van der Waals surface area contributed by atoms with Gasteiger partial charge in [-0.2, -0.15) is 9.55 Å². The average Bonchev–Trinajstić information content (AvgIpc) is 2.67. The van der Waals surface area contributed by atoms with Crippen LogP contribution >= 0.6 is 11.6 Å². The van der Waals surface area contributed by atoms with Crippen molar-refractivity contribution in [2.75, 3.05) is 0 Å². The van der Waals surface area contributed by atoms with Crippen LogP contribution in [0.1, 0.15) is 24.1 Å². The summed E-state index contributed by atoms with van der Waals surface area (Å²) in [5.74, 6) is 4.98. The molecular formula is C17H20ClN3O5. The van der Waals surface area contributed by atoms with E-state index in [1.807, 2.05) is 30.3 Å². The molecule has 8 nitrogen and oxygen atoms in total. The summed E-state index contributed by atoms with van der Waals surface area (Å²) < 4.78 is 2.85. The molecule has 2 atom stereocenters. The number of hydrogen-bond donors (Lipinski definition) is 3. The van der Waals surface area contributed by atoms with Crippen LogP contribution in [-0.2, 0) is 11.3 Å². The van der Waals surface area contributed by atoms with Crippen molar-refractivity contribution in [2.45, 2.75) is 19.6 Å². The number of carboxylic acid groups (broad SMARTS) is 1. The minimum absolute atomic E-state index is 0.239. The third kappa shape index (κ3) is 6.43. The van der Waals surface area contributed by atoms with Crippen LogP contribution in [0, 0.1) is 5.21 Å². The molecule has 0 aliphatic rings. The van der Waals surface area contributed by atoms with Crippen molar-refractivity contribution in [3.8, 4) is 0 Å². The van der Waals surface area contributed by atoms with Crippen molar-refractivity contribution in [3.63, 3.8) is 0 Å². The molecule has 0 saturated heterocycles. The minimum Gasteiger partial charge on any atom is -0.600 e. The fourth-order valence-corrected chi connectivity index (χ4v) is 2.04. The molecular weight excluding hydrogens is 362 g/mol. The molecule has 4 N–H and O–H groups in total. The number of carbonyl (C=O) groups is 2. The maximum atomic E-state index is 11.8. The highest BCUT2D eigenvalue weighted by molar-refractivity contribution is 6.61. The van der Waals surface area contributed by atoms with E-state index in [2.05, 4.69) is 4.74 Å². The summed E-state index contributed by atoms with van der Waals surface area (Å²) in [4.78, 5) is 20.9. The molecule has 26 heavy (non-hydrogen) atoms. The second-order valence-electron chi connectivity index (χ2n) is 5.17. The molecule has 1 amide bonds. The van der Waals surface area contributed by atoms with Crippen molar-refractivity contribution in [3.05, 3.63) is 77.0 Å². The van der Waals surface area contributed by atoms with Crippen molar-refractivity contribution >= 4 is 23.1 Å². The Kier molecular flexibility index (Phi) is 8.70. The van der Waals surface area contributed by atoms with Gasteiger partial charge in [0.05, 0.1) is 0 Å². The summed E-state index contributed by atoms with van der Waals surface area (Å²) in [6, 6.07) is 17.1. The average molecular weight is 382 g/mol. The van der Waals surface area contributed by atoms with Crippen LogP contribution in [0.15, 0.2) is 60.7 Å². The van der Waals surface area contributed by atoms with Gasteiger partial charge in [0.1, 0.15) is 12.6 Å². The summed E-state index contributed by atoms with van der Waals surface area (Å²) in [5, 5.41) is 20.6. The highest BCUT2D eigenvalue weighted by Gasteiger charge is 2.34. The number of amides is 1. The quantitative estimate of drug-likeness (QED) is 0.312. The van der Waals surface area contributed by atoms with Gasteiger partial charge >= 0.3 is 11.5 Å². The topological polar surface area (TPSA) is 125 Å². The van der Waals surface area contributed by atoms with E-state index in [4.69, 9.17) is 22.6 Å². The molecule has 0 aliphatic carbocycles. The minimum atomic E-state index is -1.70. The van der Waals surface area contributed by atoms with Gasteiger partial charge in [-0.3, -0.25) is 0 Å². The van der Waals surface area contributed by atoms with E-state index in [1.165, 1.54) is 6.92 Å². The molecule has 0 bridgehead atoms. The number of hydrogen-bond acceptors (Lipinski definition) is 6. The molecule has 140 valence electrons. The zero-order valence-electron chi connectivity index (χ0n) is 14.0. The first-order valence-electron chi connectivity index (χ1n) is 7.53. The lowest BCUT2D eigenvalue weighted by molar-refractivity contribution is -0.884. The van der Waals surface area contributed by atoms with Gasteiger partial charge in [0.15, 0.2) is 0 Å². The van der Waals surface area contributed by atoms with E-state index in [0.29, 0.717) is 5.56 Å². The number of halogens is 1. The van der Waals surface area contributed by atoms with Crippen molar-refractivity contribution in [1.29, 1.82) is 0 Å². The first-order valence-corrected chi connectivity index (χ1v) is 7.91. The van der Waals surface area contributed by atoms with Crippen LogP contribution in [-0.4, -0.2) is 21.4 Å². The van der Waals surface area contributed by atoms with Crippen molar-refractivity contribution < 1.29 is 24.2 Å². The number of ether oxygens (including phenoxy) is 1. The van der Waals surface area contributed by atoms with Crippen LogP contribution in [0.25, 0.3) is 0 Å². The number of nitrogens with zero attached hydrogens (tertiary/aromatic N) is 1. The number of hydroxylamine groups is 2. The monoisotopic (exact) mass is 381 g/mol. The molecule has 0 aromatic heterocycles. The summed E-state index contributed by atoms with van der Waals surface area (Å²) in [7, 11) is 0. The molecule has 2 aromatic carbocycles. The number of rotatable bonds is 5. The first kappa shape index (κ1) is 21.6. The summed E-state index contributed by atoms with van der Waals surface area (Å²) in [5.41, 5.74) is 2.53. The molecule has 0 fully saturated rings. The van der Waals surface area contributed by atoms with Crippen LogP contribution < -0.4 is 11.4 Å². The Morgan fingerprint density at radius 1 is 1.19 bits per heavy atom. The summed E-state index contributed by atoms with van der Waals surface area (Å²) >= 11 is 4.97. The summed E-state index contributed by atoms with van der Waals surface area (Å²) in [6.45, 7) is 1.74. The smallest absolute Gasteiger partial charge is 0.535 e. The Hall–Kier alpha value is -2.49. The molecule has 0 saturated carbocycles. The van der Waals surface area contributed by atoms with Gasteiger partial charge in [0.2, 0.25) is 0 Å². The molecule has 9 heteroatoms. The van der Waals surface area contributed by atoms with E-state index in [9.17, 15) is 14.8 Å². The Labute approximate surface area is 155 Å². The highest BCUT2D eigenvalue weighted by Crippen LogP contribution is 2.24. The lowest BCUT2D eigenvalue weighted by Gasteiger charge is -2.38. The maximum absolute atomic E-state index is 11.8. The Balaban J connectivity index is 0.000000273. The normalized spacial score (nSPS) is 13.5. The van der Waals surface area contributed by atoms with Gasteiger partial charge in [-0.25, -0.2) is 10.6 Å². The Morgan fingerprint density at radius 3 is 2.12 bits per heavy atom. The van der Waals surface area contributed by atoms with Gasteiger partial charge < -0.3 is 15.1 Å².